The molecule has 0 aromatic heterocycles. The molecule has 28 heavy (non-hydrogen) atoms. The molecule has 1 atom stereocenters. The molecule has 2 heteroatoms. The number of allylic oxidation sites excluding steroid dienone is 1. The Bertz CT molecular complexity index is 804. The molecule has 1 unspecified atom stereocenters. The maximum Gasteiger partial charge on any atom is 0.0444 e. The van der Waals surface area contributed by atoms with Crippen molar-refractivity contribution in [3.8, 4) is 11.1 Å². The highest BCUT2D eigenvalue weighted by atomic mass is 35.5. The van der Waals surface area contributed by atoms with E-state index >= 15 is 0 Å². The quantitative estimate of drug-likeness (QED) is 0.465. The summed E-state index contributed by atoms with van der Waals surface area (Å²) in [5.41, 5.74) is 6.17. The van der Waals surface area contributed by atoms with Crippen LogP contribution in [-0.2, 0) is 6.42 Å². The zero-order chi connectivity index (χ0) is 20.1. The van der Waals surface area contributed by atoms with Gasteiger partial charge in [0.25, 0.3) is 0 Å². The van der Waals surface area contributed by atoms with Gasteiger partial charge < -0.3 is 4.90 Å². The molecule has 1 fully saturated rings. The van der Waals surface area contributed by atoms with Crippen LogP contribution in [-0.4, -0.2) is 18.0 Å². The Balaban J connectivity index is 1.72. The van der Waals surface area contributed by atoms with E-state index in [9.17, 15) is 0 Å². The fraction of sp³-hybridized carbons (Fsp3) is 0.462. The Kier molecular flexibility index (Phi) is 7.24. The van der Waals surface area contributed by atoms with E-state index in [0.29, 0.717) is 12.0 Å². The topological polar surface area (TPSA) is 3.24 Å². The van der Waals surface area contributed by atoms with Crippen molar-refractivity contribution < 1.29 is 0 Å². The number of benzene rings is 2. The second-order valence-electron chi connectivity index (χ2n) is 8.38. The van der Waals surface area contributed by atoms with E-state index in [-0.39, 0.29) is 0 Å². The van der Waals surface area contributed by atoms with Crippen molar-refractivity contribution in [2.45, 2.75) is 64.8 Å². The predicted octanol–water partition coefficient (Wildman–Crippen LogP) is 7.66. The minimum absolute atomic E-state index is 0.439. The maximum absolute atomic E-state index is 6.71. The summed E-state index contributed by atoms with van der Waals surface area (Å²) < 4.78 is 0. The largest absolute Gasteiger partial charge is 0.375 e. The lowest BCUT2D eigenvalue weighted by molar-refractivity contribution is 0.214. The highest BCUT2D eigenvalue weighted by molar-refractivity contribution is 6.31. The first-order chi connectivity index (χ1) is 13.5. The van der Waals surface area contributed by atoms with Gasteiger partial charge in [0.15, 0.2) is 0 Å². The van der Waals surface area contributed by atoms with Crippen LogP contribution in [0.3, 0.4) is 0 Å². The third kappa shape index (κ3) is 5.00. The van der Waals surface area contributed by atoms with E-state index in [1.54, 1.807) is 0 Å². The molecular formula is C26H34ClN. The first kappa shape index (κ1) is 21.0. The van der Waals surface area contributed by atoms with Crippen LogP contribution >= 0.6 is 11.6 Å². The van der Waals surface area contributed by atoms with Gasteiger partial charge in [0.2, 0.25) is 0 Å². The summed E-state index contributed by atoms with van der Waals surface area (Å²) in [5, 5.41) is 0.866. The monoisotopic (exact) mass is 395 g/mol. The molecule has 1 nitrogen and oxygen atoms in total. The summed E-state index contributed by atoms with van der Waals surface area (Å²) in [7, 11) is 2.24. The first-order valence-corrected chi connectivity index (χ1v) is 11.1. The first-order valence-electron chi connectivity index (χ1n) is 10.8. The number of halogens is 1. The molecule has 2 aromatic carbocycles. The van der Waals surface area contributed by atoms with Gasteiger partial charge in [-0.25, -0.2) is 0 Å². The maximum atomic E-state index is 6.71. The average molecular weight is 396 g/mol. The molecule has 1 saturated carbocycles. The van der Waals surface area contributed by atoms with Crippen molar-refractivity contribution in [2.75, 3.05) is 7.05 Å². The molecule has 3 rings (SSSR count). The van der Waals surface area contributed by atoms with Crippen LogP contribution in [0.5, 0.6) is 0 Å². The van der Waals surface area contributed by atoms with Crippen molar-refractivity contribution in [1.82, 2.24) is 4.90 Å². The van der Waals surface area contributed by atoms with Gasteiger partial charge in [0.1, 0.15) is 0 Å². The Labute approximate surface area is 176 Å². The lowest BCUT2D eigenvalue weighted by Gasteiger charge is -2.37. The standard InChI is InChI=1S/C26H34ClN/c1-5-21(20(3)28(4)25-12-7-6-8-13-25)17-24-15-14-23(18-26(24)27)22-11-9-10-19(2)16-22/h9-11,14-16,18,21,25H,3,5-8,12-13,17H2,1-2,4H3. The van der Waals surface area contributed by atoms with Gasteiger partial charge in [-0.3, -0.25) is 0 Å². The fourth-order valence-corrected chi connectivity index (χ4v) is 4.73. The van der Waals surface area contributed by atoms with Crippen LogP contribution in [0.1, 0.15) is 56.6 Å². The van der Waals surface area contributed by atoms with Crippen molar-refractivity contribution in [3.63, 3.8) is 0 Å². The second-order valence-corrected chi connectivity index (χ2v) is 8.79. The third-order valence-electron chi connectivity index (χ3n) is 6.41. The zero-order valence-corrected chi connectivity index (χ0v) is 18.4. The normalized spacial score (nSPS) is 16.0. The van der Waals surface area contributed by atoms with Crippen LogP contribution < -0.4 is 0 Å². The molecule has 0 bridgehead atoms. The minimum Gasteiger partial charge on any atom is -0.375 e. The molecular weight excluding hydrogens is 362 g/mol. The summed E-state index contributed by atoms with van der Waals surface area (Å²) >= 11 is 6.71. The van der Waals surface area contributed by atoms with Crippen LogP contribution in [0, 0.1) is 12.8 Å². The summed E-state index contributed by atoms with van der Waals surface area (Å²) in [6.07, 6.45) is 8.74. The van der Waals surface area contributed by atoms with Gasteiger partial charge in [-0.15, -0.1) is 0 Å². The molecule has 1 aliphatic carbocycles. The smallest absolute Gasteiger partial charge is 0.0444 e. The Morgan fingerprint density at radius 1 is 1.11 bits per heavy atom. The van der Waals surface area contributed by atoms with Crippen LogP contribution in [0.2, 0.25) is 5.02 Å². The fourth-order valence-electron chi connectivity index (χ4n) is 4.47. The van der Waals surface area contributed by atoms with E-state index in [4.69, 9.17) is 11.6 Å². The molecule has 0 amide bonds. The highest BCUT2D eigenvalue weighted by Gasteiger charge is 2.23. The third-order valence-corrected chi connectivity index (χ3v) is 6.76. The van der Waals surface area contributed by atoms with Crippen molar-refractivity contribution in [3.05, 3.63) is 70.9 Å². The van der Waals surface area contributed by atoms with Crippen molar-refractivity contribution in [2.24, 2.45) is 5.92 Å². The highest BCUT2D eigenvalue weighted by Crippen LogP contribution is 2.32. The van der Waals surface area contributed by atoms with E-state index in [1.807, 2.05) is 0 Å². The van der Waals surface area contributed by atoms with E-state index in [2.05, 4.69) is 74.8 Å². The number of rotatable bonds is 7. The van der Waals surface area contributed by atoms with Gasteiger partial charge in [0, 0.05) is 29.7 Å². The number of aryl methyl sites for hydroxylation is 1. The molecule has 2 aromatic rings. The lowest BCUT2D eigenvalue weighted by Crippen LogP contribution is -2.35. The Hall–Kier alpha value is -1.73. The Morgan fingerprint density at radius 3 is 2.46 bits per heavy atom. The van der Waals surface area contributed by atoms with Crippen LogP contribution in [0.15, 0.2) is 54.7 Å². The minimum atomic E-state index is 0.439. The van der Waals surface area contributed by atoms with Crippen molar-refractivity contribution >= 4 is 11.6 Å². The molecule has 0 N–H and O–H groups in total. The zero-order valence-electron chi connectivity index (χ0n) is 17.7. The van der Waals surface area contributed by atoms with Gasteiger partial charge in [-0.2, -0.15) is 0 Å². The summed E-state index contributed by atoms with van der Waals surface area (Å²) in [5.74, 6) is 0.439. The SMILES string of the molecule is C=C(C(CC)Cc1ccc(-c2cccc(C)c2)cc1Cl)N(C)C1CCCCC1. The number of hydrogen-bond donors (Lipinski definition) is 0. The summed E-state index contributed by atoms with van der Waals surface area (Å²) in [4.78, 5) is 2.46. The van der Waals surface area contributed by atoms with E-state index in [0.717, 1.165) is 17.9 Å². The van der Waals surface area contributed by atoms with Gasteiger partial charge in [0.05, 0.1) is 0 Å². The van der Waals surface area contributed by atoms with E-state index in [1.165, 1.54) is 60.1 Å². The molecule has 0 aliphatic heterocycles. The Morgan fingerprint density at radius 2 is 1.82 bits per heavy atom. The molecule has 1 aliphatic rings. The number of hydrogen-bond acceptors (Lipinski definition) is 1. The lowest BCUT2D eigenvalue weighted by atomic mass is 9.89. The average Bonchev–Trinajstić information content (AvgIpc) is 2.72. The summed E-state index contributed by atoms with van der Waals surface area (Å²) in [6.45, 7) is 8.87. The summed E-state index contributed by atoms with van der Waals surface area (Å²) in [6, 6.07) is 15.8. The molecule has 0 radical (unpaired) electrons. The second kappa shape index (κ2) is 9.65. The predicted molar refractivity (Wildman–Crippen MR) is 123 cm³/mol. The van der Waals surface area contributed by atoms with Gasteiger partial charge >= 0.3 is 0 Å². The van der Waals surface area contributed by atoms with Crippen LogP contribution in [0.25, 0.3) is 11.1 Å². The molecule has 0 spiro atoms. The molecule has 0 saturated heterocycles. The van der Waals surface area contributed by atoms with Gasteiger partial charge in [-0.05, 0) is 55.4 Å². The molecule has 150 valence electrons. The van der Waals surface area contributed by atoms with Gasteiger partial charge in [-0.1, -0.05) is 86.3 Å². The van der Waals surface area contributed by atoms with Crippen LogP contribution in [0.4, 0.5) is 0 Å². The number of nitrogens with zero attached hydrogens (tertiary/aromatic N) is 1. The van der Waals surface area contributed by atoms with E-state index < -0.39 is 0 Å². The molecule has 0 heterocycles. The van der Waals surface area contributed by atoms with Crippen molar-refractivity contribution in [1.29, 1.82) is 0 Å².